The van der Waals surface area contributed by atoms with Crippen molar-refractivity contribution in [1.29, 1.82) is 0 Å². The van der Waals surface area contributed by atoms with Gasteiger partial charge in [0.15, 0.2) is 5.82 Å². The maximum absolute atomic E-state index is 12.3. The average Bonchev–Trinajstić information content (AvgIpc) is 3.23. The van der Waals surface area contributed by atoms with Gasteiger partial charge in [-0.1, -0.05) is 17.3 Å². The quantitative estimate of drug-likeness (QED) is 0.623. The molecule has 31 heavy (non-hydrogen) atoms. The Morgan fingerprint density at radius 1 is 1.03 bits per heavy atom. The highest BCUT2D eigenvalue weighted by atomic mass is 19.4. The van der Waals surface area contributed by atoms with Crippen LogP contribution in [0.3, 0.4) is 0 Å². The number of piperidine rings is 1. The Morgan fingerprint density at radius 2 is 1.74 bits per heavy atom. The van der Waals surface area contributed by atoms with E-state index in [0.717, 1.165) is 88.7 Å². The van der Waals surface area contributed by atoms with Crippen LogP contribution >= 0.6 is 0 Å². The van der Waals surface area contributed by atoms with Crippen molar-refractivity contribution in [2.24, 2.45) is 5.92 Å². The second-order valence-electron chi connectivity index (χ2n) is 8.39. The summed E-state index contributed by atoms with van der Waals surface area (Å²) in [7, 11) is 0. The highest BCUT2D eigenvalue weighted by Gasteiger charge is 2.31. The number of hydrogen-bond acceptors (Lipinski definition) is 6. The number of aryl methyl sites for hydroxylation is 1. The second-order valence-corrected chi connectivity index (χ2v) is 8.39. The molecule has 1 aromatic heterocycles. The summed E-state index contributed by atoms with van der Waals surface area (Å²) < 4.78 is 51.6. The largest absolute Gasteiger partial charge is 0.573 e. The van der Waals surface area contributed by atoms with Crippen LogP contribution in [0.4, 0.5) is 13.2 Å². The highest BCUT2D eigenvalue weighted by Crippen LogP contribution is 2.27. The summed E-state index contributed by atoms with van der Waals surface area (Å²) in [6.45, 7) is 4.20. The van der Waals surface area contributed by atoms with E-state index in [0.29, 0.717) is 11.8 Å². The lowest BCUT2D eigenvalue weighted by molar-refractivity contribution is -0.274. The summed E-state index contributed by atoms with van der Waals surface area (Å²) in [5.74, 6) is 2.32. The topological polar surface area (TPSA) is 60.6 Å². The summed E-state index contributed by atoms with van der Waals surface area (Å²) in [5.41, 5.74) is 0.986. The fourth-order valence-electron chi connectivity index (χ4n) is 4.30. The van der Waals surface area contributed by atoms with Gasteiger partial charge in [-0.15, -0.1) is 13.2 Å². The third-order valence-electron chi connectivity index (χ3n) is 6.10. The van der Waals surface area contributed by atoms with Gasteiger partial charge >= 0.3 is 6.36 Å². The van der Waals surface area contributed by atoms with Gasteiger partial charge in [0.05, 0.1) is 0 Å². The van der Waals surface area contributed by atoms with Gasteiger partial charge < -0.3 is 14.0 Å². The lowest BCUT2D eigenvalue weighted by Gasteiger charge is -2.31. The molecule has 3 heterocycles. The molecule has 1 aromatic carbocycles. The van der Waals surface area contributed by atoms with Crippen molar-refractivity contribution in [1.82, 2.24) is 15.0 Å². The van der Waals surface area contributed by atoms with Gasteiger partial charge in [-0.3, -0.25) is 4.90 Å². The molecule has 2 aliphatic rings. The van der Waals surface area contributed by atoms with Gasteiger partial charge in [0.1, 0.15) is 5.75 Å². The SMILES string of the molecule is FC(F)(F)Oc1ccc(CN2CCC(CCc3noc(C4CCOCC4)n3)CC2)cc1. The van der Waals surface area contributed by atoms with E-state index < -0.39 is 6.36 Å². The minimum absolute atomic E-state index is 0.184. The van der Waals surface area contributed by atoms with Crippen molar-refractivity contribution in [3.8, 4) is 5.75 Å². The minimum atomic E-state index is -4.66. The van der Waals surface area contributed by atoms with E-state index in [1.54, 1.807) is 12.1 Å². The average molecular weight is 439 g/mol. The van der Waals surface area contributed by atoms with Crippen molar-refractivity contribution >= 4 is 0 Å². The summed E-state index contributed by atoms with van der Waals surface area (Å²) in [6, 6.07) is 6.13. The highest BCUT2D eigenvalue weighted by molar-refractivity contribution is 5.27. The van der Waals surface area contributed by atoms with Crippen LogP contribution in [0, 0.1) is 5.92 Å². The molecule has 0 saturated carbocycles. The van der Waals surface area contributed by atoms with E-state index in [4.69, 9.17) is 9.26 Å². The van der Waals surface area contributed by atoms with Crippen LogP contribution in [0.25, 0.3) is 0 Å². The molecule has 2 aromatic rings. The normalized spacial score (nSPS) is 19.6. The molecule has 170 valence electrons. The molecule has 0 unspecified atom stereocenters. The number of benzene rings is 1. The van der Waals surface area contributed by atoms with Gasteiger partial charge in [0, 0.05) is 32.1 Å². The van der Waals surface area contributed by atoms with Gasteiger partial charge in [-0.25, -0.2) is 0 Å². The summed E-state index contributed by atoms with van der Waals surface area (Å²) in [5, 5.41) is 4.16. The third-order valence-corrected chi connectivity index (χ3v) is 6.10. The fraction of sp³-hybridized carbons (Fsp3) is 0.636. The molecule has 0 radical (unpaired) electrons. The van der Waals surface area contributed by atoms with E-state index in [-0.39, 0.29) is 5.75 Å². The molecular formula is C22H28F3N3O3. The smallest absolute Gasteiger partial charge is 0.406 e. The van der Waals surface area contributed by atoms with Crippen LogP contribution in [0.1, 0.15) is 55.3 Å². The standard InChI is InChI=1S/C22H28F3N3O3/c23-22(24,25)30-19-4-1-17(2-5-19)15-28-11-7-16(8-12-28)3-6-20-26-21(31-27-20)18-9-13-29-14-10-18/h1-2,4-5,16,18H,3,6-15H2. The van der Waals surface area contributed by atoms with Crippen LogP contribution in [0.5, 0.6) is 5.75 Å². The Kier molecular flexibility index (Phi) is 7.12. The van der Waals surface area contributed by atoms with E-state index in [2.05, 4.69) is 19.8 Å². The molecular weight excluding hydrogens is 411 g/mol. The number of nitrogens with zero attached hydrogens (tertiary/aromatic N) is 3. The first kappa shape index (κ1) is 22.1. The lowest BCUT2D eigenvalue weighted by Crippen LogP contribution is -2.33. The molecule has 4 rings (SSSR count). The van der Waals surface area contributed by atoms with Crippen molar-refractivity contribution < 1.29 is 27.2 Å². The van der Waals surface area contributed by atoms with Gasteiger partial charge in [-0.2, -0.15) is 4.98 Å². The Bertz CT molecular complexity index is 811. The number of halogens is 3. The zero-order valence-electron chi connectivity index (χ0n) is 17.4. The number of alkyl halides is 3. The predicted molar refractivity (Wildman–Crippen MR) is 107 cm³/mol. The van der Waals surface area contributed by atoms with E-state index in [1.165, 1.54) is 12.1 Å². The van der Waals surface area contributed by atoms with Crippen LogP contribution in [-0.4, -0.2) is 47.7 Å². The Labute approximate surface area is 179 Å². The van der Waals surface area contributed by atoms with E-state index in [9.17, 15) is 13.2 Å². The van der Waals surface area contributed by atoms with Crippen molar-refractivity contribution in [3.05, 3.63) is 41.5 Å². The summed E-state index contributed by atoms with van der Waals surface area (Å²) in [6.07, 6.45) is 1.30. The molecule has 0 spiro atoms. The molecule has 2 aliphatic heterocycles. The number of ether oxygens (including phenoxy) is 2. The fourth-order valence-corrected chi connectivity index (χ4v) is 4.30. The van der Waals surface area contributed by atoms with E-state index >= 15 is 0 Å². The molecule has 0 amide bonds. The zero-order chi connectivity index (χ0) is 21.7. The molecule has 0 bridgehead atoms. The number of hydrogen-bond donors (Lipinski definition) is 0. The van der Waals surface area contributed by atoms with Crippen LogP contribution in [0.15, 0.2) is 28.8 Å². The van der Waals surface area contributed by atoms with Crippen LogP contribution < -0.4 is 4.74 Å². The maximum Gasteiger partial charge on any atom is 0.573 e. The minimum Gasteiger partial charge on any atom is -0.406 e. The monoisotopic (exact) mass is 439 g/mol. The van der Waals surface area contributed by atoms with Crippen molar-refractivity contribution in [2.75, 3.05) is 26.3 Å². The van der Waals surface area contributed by atoms with Gasteiger partial charge in [-0.05, 0) is 68.8 Å². The van der Waals surface area contributed by atoms with E-state index in [1.807, 2.05) is 0 Å². The second kappa shape index (κ2) is 9.99. The van der Waals surface area contributed by atoms with Gasteiger partial charge in [0.25, 0.3) is 0 Å². The third kappa shape index (κ3) is 6.67. The first-order valence-electron chi connectivity index (χ1n) is 10.9. The summed E-state index contributed by atoms with van der Waals surface area (Å²) in [4.78, 5) is 6.93. The molecule has 6 nitrogen and oxygen atoms in total. The molecule has 9 heteroatoms. The number of rotatable bonds is 7. The molecule has 0 N–H and O–H groups in total. The van der Waals surface area contributed by atoms with Crippen molar-refractivity contribution in [2.45, 2.75) is 57.3 Å². The lowest BCUT2D eigenvalue weighted by atomic mass is 9.92. The van der Waals surface area contributed by atoms with Crippen molar-refractivity contribution in [3.63, 3.8) is 0 Å². The molecule has 2 saturated heterocycles. The zero-order valence-corrected chi connectivity index (χ0v) is 17.4. The molecule has 2 fully saturated rings. The number of aromatic nitrogens is 2. The maximum atomic E-state index is 12.3. The Morgan fingerprint density at radius 3 is 2.42 bits per heavy atom. The number of likely N-dealkylation sites (tertiary alicyclic amines) is 1. The Hall–Kier alpha value is -2.13. The van der Waals surface area contributed by atoms with Crippen LogP contribution in [0.2, 0.25) is 0 Å². The van der Waals surface area contributed by atoms with Gasteiger partial charge in [0.2, 0.25) is 5.89 Å². The molecule has 0 atom stereocenters. The molecule has 0 aliphatic carbocycles. The van der Waals surface area contributed by atoms with Crippen LogP contribution in [-0.2, 0) is 17.7 Å². The first-order chi connectivity index (χ1) is 14.9. The Balaban J connectivity index is 1.17. The first-order valence-corrected chi connectivity index (χ1v) is 10.9. The summed E-state index contributed by atoms with van der Waals surface area (Å²) >= 11 is 0. The predicted octanol–water partition coefficient (Wildman–Crippen LogP) is 4.71.